The number of nitrogens with zero attached hydrogens (tertiary/aromatic N) is 5. The van der Waals surface area contributed by atoms with Gasteiger partial charge in [0, 0.05) is 44.1 Å². The molecule has 5 nitrogen and oxygen atoms in total. The molecule has 0 spiro atoms. The zero-order valence-electron chi connectivity index (χ0n) is 30.2. The summed E-state index contributed by atoms with van der Waals surface area (Å²) in [5.41, 5.74) is 13.6. The smallest absolute Gasteiger partial charge is 0.164 e. The fraction of sp³-hybridized carbons (Fsp3) is 0.0612. The van der Waals surface area contributed by atoms with E-state index in [2.05, 4.69) is 122 Å². The molecule has 0 bridgehead atoms. The predicted molar refractivity (Wildman–Crippen MR) is 227 cm³/mol. The summed E-state index contributed by atoms with van der Waals surface area (Å²) in [7, 11) is 0. The van der Waals surface area contributed by atoms with Crippen LogP contribution < -0.4 is 0 Å². The molecule has 0 unspecified atom stereocenters. The van der Waals surface area contributed by atoms with Crippen molar-refractivity contribution < 1.29 is 0 Å². The quantitative estimate of drug-likeness (QED) is 0.177. The van der Waals surface area contributed by atoms with Crippen molar-refractivity contribution in [2.45, 2.75) is 19.3 Å². The first-order valence-electron chi connectivity index (χ1n) is 18.6. The average Bonchev–Trinajstić information content (AvgIpc) is 3.88. The molecule has 260 valence electrons. The highest BCUT2D eigenvalue weighted by Crippen LogP contribution is 2.51. The standard InChI is InChI=1S/C49H33N5S/c1-49(2)39-27-34(23-24-35(39)37-28-41-44(29-40(37)49)55-48(50-41)32-18-10-5-11-19-32)54-42-21-13-12-20-36(42)38-26-33(22-25-43(38)54)47-52-45(30-14-6-3-7-15-30)51-46(53-47)31-16-8-4-9-17-31/h3-29H,1-2H3. The Bertz CT molecular complexity index is 3050. The van der Waals surface area contributed by atoms with E-state index in [-0.39, 0.29) is 5.41 Å². The molecule has 3 heterocycles. The maximum absolute atomic E-state index is 5.08. The molecule has 6 heteroatoms. The SMILES string of the molecule is CC1(C)c2cc(-n3c4ccccc4c4cc(-c5nc(-c6ccccc6)nc(-c6ccccc6)n5)ccc43)ccc2-c2cc3nc(-c4ccccc4)sc3cc21. The molecule has 0 atom stereocenters. The van der Waals surface area contributed by atoms with Crippen LogP contribution in [0.2, 0.25) is 0 Å². The highest BCUT2D eigenvalue weighted by atomic mass is 32.1. The van der Waals surface area contributed by atoms with Gasteiger partial charge in [0.2, 0.25) is 0 Å². The van der Waals surface area contributed by atoms with Crippen LogP contribution >= 0.6 is 11.3 Å². The molecule has 0 fully saturated rings. The van der Waals surface area contributed by atoms with E-state index in [1.807, 2.05) is 60.7 Å². The van der Waals surface area contributed by atoms with E-state index in [1.54, 1.807) is 11.3 Å². The van der Waals surface area contributed by atoms with Gasteiger partial charge in [0.1, 0.15) is 5.01 Å². The number of rotatable bonds is 5. The first-order valence-corrected chi connectivity index (χ1v) is 19.4. The van der Waals surface area contributed by atoms with Gasteiger partial charge in [-0.15, -0.1) is 11.3 Å². The lowest BCUT2D eigenvalue weighted by Crippen LogP contribution is -2.15. The maximum atomic E-state index is 5.08. The first-order chi connectivity index (χ1) is 27.0. The lowest BCUT2D eigenvalue weighted by molar-refractivity contribution is 0.661. The molecule has 11 rings (SSSR count). The van der Waals surface area contributed by atoms with Crippen molar-refractivity contribution in [3.05, 3.63) is 175 Å². The third kappa shape index (κ3) is 5.06. The molecule has 0 saturated heterocycles. The Morgan fingerprint density at radius 2 is 1.04 bits per heavy atom. The Hall–Kier alpha value is -6.76. The molecule has 0 saturated carbocycles. The van der Waals surface area contributed by atoms with Gasteiger partial charge in [-0.2, -0.15) is 0 Å². The fourth-order valence-corrected chi connectivity index (χ4v) is 9.31. The van der Waals surface area contributed by atoms with Crippen LogP contribution in [0.15, 0.2) is 164 Å². The van der Waals surface area contributed by atoms with Crippen LogP contribution in [-0.4, -0.2) is 24.5 Å². The van der Waals surface area contributed by atoms with Gasteiger partial charge in [0.05, 0.1) is 21.3 Å². The van der Waals surface area contributed by atoms with Gasteiger partial charge in [-0.05, 0) is 70.8 Å². The summed E-state index contributed by atoms with van der Waals surface area (Å²) in [5.74, 6) is 1.95. The number of thiazole rings is 1. The van der Waals surface area contributed by atoms with Gasteiger partial charge in [-0.1, -0.05) is 129 Å². The van der Waals surface area contributed by atoms with Crippen molar-refractivity contribution in [3.63, 3.8) is 0 Å². The van der Waals surface area contributed by atoms with E-state index in [0.29, 0.717) is 17.5 Å². The van der Waals surface area contributed by atoms with Crippen LogP contribution in [0, 0.1) is 0 Å². The number of para-hydroxylation sites is 1. The van der Waals surface area contributed by atoms with Crippen molar-refractivity contribution in [2.75, 3.05) is 0 Å². The van der Waals surface area contributed by atoms with E-state index in [1.165, 1.54) is 32.3 Å². The Kier molecular flexibility index (Phi) is 7.00. The van der Waals surface area contributed by atoms with E-state index in [4.69, 9.17) is 19.9 Å². The molecule has 1 aliphatic rings. The number of hydrogen-bond donors (Lipinski definition) is 0. The number of benzene rings is 7. The second-order valence-electron chi connectivity index (χ2n) is 14.7. The Labute approximate surface area is 322 Å². The summed E-state index contributed by atoms with van der Waals surface area (Å²) in [6.07, 6.45) is 0. The fourth-order valence-electron chi connectivity index (χ4n) is 8.31. The number of aromatic nitrogens is 5. The summed E-state index contributed by atoms with van der Waals surface area (Å²) in [6.45, 7) is 4.71. The minimum absolute atomic E-state index is 0.177. The van der Waals surface area contributed by atoms with Crippen molar-refractivity contribution in [3.8, 4) is 61.5 Å². The van der Waals surface area contributed by atoms with Crippen LogP contribution in [0.3, 0.4) is 0 Å². The van der Waals surface area contributed by atoms with Crippen molar-refractivity contribution in [1.29, 1.82) is 0 Å². The normalized spacial score (nSPS) is 13.1. The zero-order valence-corrected chi connectivity index (χ0v) is 31.0. The van der Waals surface area contributed by atoms with E-state index >= 15 is 0 Å². The molecule has 0 radical (unpaired) electrons. The summed E-state index contributed by atoms with van der Waals surface area (Å²) < 4.78 is 3.63. The van der Waals surface area contributed by atoms with Gasteiger partial charge < -0.3 is 4.57 Å². The van der Waals surface area contributed by atoms with Crippen molar-refractivity contribution in [2.24, 2.45) is 0 Å². The second-order valence-corrected chi connectivity index (χ2v) is 15.8. The molecule has 0 amide bonds. The monoisotopic (exact) mass is 723 g/mol. The van der Waals surface area contributed by atoms with Crippen LogP contribution in [0.5, 0.6) is 0 Å². The Morgan fingerprint density at radius 1 is 0.455 bits per heavy atom. The van der Waals surface area contributed by atoms with E-state index in [0.717, 1.165) is 54.9 Å². The molecule has 0 N–H and O–H groups in total. The molecule has 3 aromatic heterocycles. The van der Waals surface area contributed by atoms with Crippen LogP contribution in [0.4, 0.5) is 0 Å². The summed E-state index contributed by atoms with van der Waals surface area (Å²) in [5, 5.41) is 3.40. The predicted octanol–water partition coefficient (Wildman–Crippen LogP) is 12.6. The topological polar surface area (TPSA) is 56.5 Å². The highest BCUT2D eigenvalue weighted by Gasteiger charge is 2.36. The van der Waals surface area contributed by atoms with Crippen molar-refractivity contribution in [1.82, 2.24) is 24.5 Å². The van der Waals surface area contributed by atoms with Crippen LogP contribution in [0.25, 0.3) is 93.6 Å². The maximum Gasteiger partial charge on any atom is 0.164 e. The molecule has 55 heavy (non-hydrogen) atoms. The summed E-state index contributed by atoms with van der Waals surface area (Å²) in [6, 6.07) is 57.7. The third-order valence-electron chi connectivity index (χ3n) is 11.1. The zero-order chi connectivity index (χ0) is 36.7. The lowest BCUT2D eigenvalue weighted by atomic mass is 9.82. The van der Waals surface area contributed by atoms with E-state index in [9.17, 15) is 0 Å². The molecule has 1 aliphatic carbocycles. The van der Waals surface area contributed by atoms with E-state index < -0.39 is 0 Å². The number of hydrogen-bond acceptors (Lipinski definition) is 5. The lowest BCUT2D eigenvalue weighted by Gasteiger charge is -2.22. The van der Waals surface area contributed by atoms with Gasteiger partial charge >= 0.3 is 0 Å². The molecular weight excluding hydrogens is 691 g/mol. The van der Waals surface area contributed by atoms with Gasteiger partial charge in [-0.25, -0.2) is 19.9 Å². The van der Waals surface area contributed by atoms with Gasteiger partial charge in [0.25, 0.3) is 0 Å². The molecular formula is C49H33N5S. The van der Waals surface area contributed by atoms with Crippen LogP contribution in [-0.2, 0) is 5.41 Å². The summed E-state index contributed by atoms with van der Waals surface area (Å²) in [4.78, 5) is 20.0. The van der Waals surface area contributed by atoms with Crippen molar-refractivity contribution >= 4 is 43.4 Å². The Morgan fingerprint density at radius 3 is 1.73 bits per heavy atom. The minimum atomic E-state index is -0.177. The molecule has 0 aliphatic heterocycles. The minimum Gasteiger partial charge on any atom is -0.309 e. The third-order valence-corrected chi connectivity index (χ3v) is 12.1. The highest BCUT2D eigenvalue weighted by molar-refractivity contribution is 7.21. The van der Waals surface area contributed by atoms with Crippen LogP contribution in [0.1, 0.15) is 25.0 Å². The second kappa shape index (κ2) is 12.1. The summed E-state index contributed by atoms with van der Waals surface area (Å²) >= 11 is 1.77. The molecule has 10 aromatic rings. The van der Waals surface area contributed by atoms with Gasteiger partial charge in [0.15, 0.2) is 17.5 Å². The number of fused-ring (bicyclic) bond motifs is 7. The van der Waals surface area contributed by atoms with Gasteiger partial charge in [-0.3, -0.25) is 0 Å². The first kappa shape index (κ1) is 31.7. The molecule has 7 aromatic carbocycles. The Balaban J connectivity index is 1.04. The largest absolute Gasteiger partial charge is 0.309 e. The average molecular weight is 724 g/mol.